The minimum Gasteiger partial charge on any atom is -1.00 e. The molecule has 2 aromatic rings. The first-order valence-corrected chi connectivity index (χ1v) is 8.64. The van der Waals surface area contributed by atoms with Crippen molar-refractivity contribution in [2.45, 2.75) is 19.3 Å². The Labute approximate surface area is 193 Å². The molecule has 0 atom stereocenters. The summed E-state index contributed by atoms with van der Waals surface area (Å²) in [7, 11) is 0. The van der Waals surface area contributed by atoms with E-state index in [-0.39, 0.29) is 64.0 Å². The van der Waals surface area contributed by atoms with E-state index in [2.05, 4.69) is 25.2 Å². The van der Waals surface area contributed by atoms with Crippen LogP contribution >= 0.6 is 11.8 Å². The van der Waals surface area contributed by atoms with E-state index < -0.39 is 0 Å². The maximum Gasteiger partial charge on any atom is 1.00 e. The van der Waals surface area contributed by atoms with Gasteiger partial charge < -0.3 is 6.33 Å². The third kappa shape index (κ3) is 4.12. The predicted molar refractivity (Wildman–Crippen MR) is 93.6 cm³/mol. The summed E-state index contributed by atoms with van der Waals surface area (Å²) < 4.78 is 0. The van der Waals surface area contributed by atoms with E-state index in [1.807, 2.05) is 6.07 Å². The molecule has 0 spiro atoms. The summed E-state index contributed by atoms with van der Waals surface area (Å²) in [4.78, 5) is 38.9. The Bertz CT molecular complexity index is 873. The Hall–Kier alpha value is -0.844. The van der Waals surface area contributed by atoms with Gasteiger partial charge in [0.15, 0.2) is 5.82 Å². The number of amides is 2. The number of carbonyl (C=O) groups excluding carboxylic acids is 2. The fourth-order valence-corrected chi connectivity index (χ4v) is 3.58. The number of nitrogens with zero attached hydrogens (tertiary/aromatic N) is 4. The monoisotopic (exact) mass is 381 g/mol. The van der Waals surface area contributed by atoms with Crippen molar-refractivity contribution in [1.29, 1.82) is 0 Å². The number of nitrogens with one attached hydrogen (secondary N) is 1. The smallest absolute Gasteiger partial charge is 1.00 e. The molecule has 2 fully saturated rings. The standard InChI is InChI=1S/C16H15N5O2S.K.H/c22-15-12(24-16(23)20-15)8-10-4-5-11-13(19-10)14(18-9-17-11)21-6-2-1-3-7-21;;/h4-5,8-9H,1-3,6-7H2,(H,20,22,23);;/q;+1;-1. The zero-order chi connectivity index (χ0) is 16.5. The molecule has 2 amide bonds. The van der Waals surface area contributed by atoms with E-state index in [0.29, 0.717) is 10.6 Å². The van der Waals surface area contributed by atoms with Gasteiger partial charge in [0, 0.05) is 13.1 Å². The molecule has 124 valence electrons. The molecule has 25 heavy (non-hydrogen) atoms. The molecule has 0 unspecified atom stereocenters. The number of carbonyl (C=O) groups is 2. The first kappa shape index (κ1) is 18.9. The first-order valence-electron chi connectivity index (χ1n) is 7.82. The van der Waals surface area contributed by atoms with E-state index in [0.717, 1.165) is 54.5 Å². The fourth-order valence-electron chi connectivity index (χ4n) is 2.92. The van der Waals surface area contributed by atoms with Crippen molar-refractivity contribution >= 4 is 45.8 Å². The van der Waals surface area contributed by atoms with Gasteiger partial charge in [0.25, 0.3) is 11.1 Å². The van der Waals surface area contributed by atoms with E-state index in [4.69, 9.17) is 0 Å². The maximum atomic E-state index is 11.7. The van der Waals surface area contributed by atoms with Gasteiger partial charge in [0.05, 0.1) is 16.1 Å². The molecular formula is C16H16KN5O2S. The summed E-state index contributed by atoms with van der Waals surface area (Å²) in [5, 5.41) is 1.89. The summed E-state index contributed by atoms with van der Waals surface area (Å²) in [5.41, 5.74) is 2.11. The zero-order valence-electron chi connectivity index (χ0n) is 14.9. The third-order valence-electron chi connectivity index (χ3n) is 4.06. The number of hydrogen-bond acceptors (Lipinski definition) is 7. The average molecular weight is 382 g/mol. The van der Waals surface area contributed by atoms with Crippen molar-refractivity contribution in [2.24, 2.45) is 0 Å². The van der Waals surface area contributed by atoms with Crippen molar-refractivity contribution in [3.05, 3.63) is 29.1 Å². The number of pyridine rings is 1. The molecule has 4 heterocycles. The summed E-state index contributed by atoms with van der Waals surface area (Å²) in [6.45, 7) is 1.93. The molecule has 4 rings (SSSR count). The van der Waals surface area contributed by atoms with Gasteiger partial charge in [-0.15, -0.1) is 0 Å². The average Bonchev–Trinajstić information content (AvgIpc) is 2.92. The molecule has 1 N–H and O–H groups in total. The molecule has 7 nitrogen and oxygen atoms in total. The summed E-state index contributed by atoms with van der Waals surface area (Å²) in [6, 6.07) is 3.65. The third-order valence-corrected chi connectivity index (χ3v) is 4.87. The Morgan fingerprint density at radius 3 is 2.68 bits per heavy atom. The van der Waals surface area contributed by atoms with Crippen LogP contribution in [0.5, 0.6) is 0 Å². The largest absolute Gasteiger partial charge is 1.00 e. The van der Waals surface area contributed by atoms with Crippen LogP contribution in [-0.2, 0) is 4.79 Å². The zero-order valence-corrected chi connectivity index (χ0v) is 17.8. The van der Waals surface area contributed by atoms with Crippen molar-refractivity contribution in [2.75, 3.05) is 18.0 Å². The quantitative estimate of drug-likeness (QED) is 0.552. The molecule has 0 aliphatic carbocycles. The second-order valence-corrected chi connectivity index (χ2v) is 6.72. The van der Waals surface area contributed by atoms with Crippen LogP contribution in [0.1, 0.15) is 26.4 Å². The van der Waals surface area contributed by atoms with Crippen molar-refractivity contribution in [1.82, 2.24) is 20.3 Å². The number of fused-ring (bicyclic) bond motifs is 1. The van der Waals surface area contributed by atoms with E-state index in [1.54, 1.807) is 18.5 Å². The van der Waals surface area contributed by atoms with Crippen LogP contribution < -0.4 is 61.6 Å². The van der Waals surface area contributed by atoms with Crippen molar-refractivity contribution in [3.63, 3.8) is 0 Å². The molecule has 0 aromatic carbocycles. The number of anilines is 1. The second-order valence-electron chi connectivity index (χ2n) is 5.70. The molecule has 9 heteroatoms. The Morgan fingerprint density at radius 1 is 1.16 bits per heavy atom. The van der Waals surface area contributed by atoms with Gasteiger partial charge in [-0.1, -0.05) is 0 Å². The topological polar surface area (TPSA) is 88.1 Å². The second kappa shape index (κ2) is 8.23. The Kier molecular flexibility index (Phi) is 6.24. The number of piperidine rings is 1. The van der Waals surface area contributed by atoms with Gasteiger partial charge >= 0.3 is 51.4 Å². The van der Waals surface area contributed by atoms with Gasteiger partial charge in [-0.2, -0.15) is 0 Å². The van der Waals surface area contributed by atoms with Crippen LogP contribution in [0.2, 0.25) is 0 Å². The fraction of sp³-hybridized carbons (Fsp3) is 0.312. The van der Waals surface area contributed by atoms with Gasteiger partial charge in [-0.3, -0.25) is 14.9 Å². The summed E-state index contributed by atoms with van der Waals surface area (Å²) in [6.07, 6.45) is 6.72. The van der Waals surface area contributed by atoms with Crippen LogP contribution in [-0.4, -0.2) is 39.2 Å². The predicted octanol–water partition coefficient (Wildman–Crippen LogP) is -0.545. The van der Waals surface area contributed by atoms with Gasteiger partial charge in [-0.25, -0.2) is 15.0 Å². The van der Waals surface area contributed by atoms with Crippen LogP contribution in [0.4, 0.5) is 10.6 Å². The van der Waals surface area contributed by atoms with Crippen molar-refractivity contribution in [3.8, 4) is 0 Å². The molecule has 2 saturated heterocycles. The SMILES string of the molecule is O=C1NC(=O)C(=Cc2ccc3ncnc(N4CCCCC4)c3n2)S1.[H-].[K+]. The number of thioether (sulfide) groups is 1. The molecular weight excluding hydrogens is 365 g/mol. The van der Waals surface area contributed by atoms with Crippen LogP contribution in [0.15, 0.2) is 23.4 Å². The van der Waals surface area contributed by atoms with Crippen LogP contribution in [0.3, 0.4) is 0 Å². The molecule has 0 radical (unpaired) electrons. The van der Waals surface area contributed by atoms with Crippen molar-refractivity contribution < 1.29 is 62.4 Å². The first-order chi connectivity index (χ1) is 11.7. The van der Waals surface area contributed by atoms with Gasteiger partial charge in [-0.05, 0) is 49.2 Å². The Morgan fingerprint density at radius 2 is 1.96 bits per heavy atom. The van der Waals surface area contributed by atoms with Crippen LogP contribution in [0.25, 0.3) is 17.1 Å². The number of aromatic nitrogens is 3. The molecule has 2 aromatic heterocycles. The van der Waals surface area contributed by atoms with Gasteiger partial charge in [0.1, 0.15) is 11.8 Å². The van der Waals surface area contributed by atoms with E-state index >= 15 is 0 Å². The van der Waals surface area contributed by atoms with E-state index in [1.165, 1.54) is 6.42 Å². The molecule has 2 aliphatic rings. The van der Waals surface area contributed by atoms with E-state index in [9.17, 15) is 9.59 Å². The number of imide groups is 1. The number of hydrogen-bond donors (Lipinski definition) is 1. The maximum absolute atomic E-state index is 11.7. The van der Waals surface area contributed by atoms with Crippen LogP contribution in [0, 0.1) is 0 Å². The summed E-state index contributed by atoms with van der Waals surface area (Å²) >= 11 is 0.886. The normalized spacial score (nSPS) is 19.2. The minimum absolute atomic E-state index is 0. The molecule has 2 aliphatic heterocycles. The molecule has 0 bridgehead atoms. The van der Waals surface area contributed by atoms with Gasteiger partial charge in [0.2, 0.25) is 0 Å². The number of rotatable bonds is 2. The Balaban J connectivity index is 0.00000121. The molecule has 0 saturated carbocycles. The summed E-state index contributed by atoms with van der Waals surface area (Å²) in [5.74, 6) is 0.451. The minimum atomic E-state index is -0.382.